The fraction of sp³-hybridized carbons (Fsp3) is 0.486. The number of rotatable bonds is 8. The number of aliphatic hydroxyl groups excluding tert-OH is 1. The predicted molar refractivity (Wildman–Crippen MR) is 174 cm³/mol. The molecule has 7 rings (SSSR count). The number of nitrogens with one attached hydrogen (secondary N) is 1. The predicted octanol–water partition coefficient (Wildman–Crippen LogP) is 4.58. The number of aryl methyl sites for hydroxylation is 1. The van der Waals surface area contributed by atoms with Crippen LogP contribution in [0.4, 0.5) is 9.18 Å². The lowest BCUT2D eigenvalue weighted by atomic mass is 9.88. The number of piperidine rings is 2. The van der Waals surface area contributed by atoms with Crippen molar-refractivity contribution in [2.45, 2.75) is 70.1 Å². The first-order valence-corrected chi connectivity index (χ1v) is 16.6. The monoisotopic (exact) mass is 644 g/mol. The maximum atomic E-state index is 14.5. The number of fused-ring (bicyclic) bond motifs is 2. The molecule has 2 aliphatic heterocycles. The molecule has 0 unspecified atom stereocenters. The third-order valence-electron chi connectivity index (χ3n) is 10.1. The van der Waals surface area contributed by atoms with E-state index in [2.05, 4.69) is 34.1 Å². The molecule has 0 bridgehead atoms. The molecule has 4 aromatic rings. The number of carbonyl (C=O) groups is 3. The molecule has 0 spiro atoms. The smallest absolute Gasteiger partial charge is 0.404 e. The molecular formula is C35H41FN6O5. The summed E-state index contributed by atoms with van der Waals surface area (Å²) in [6, 6.07) is 11.6. The van der Waals surface area contributed by atoms with Gasteiger partial charge in [0.05, 0.1) is 41.5 Å². The van der Waals surface area contributed by atoms with Crippen LogP contribution in [-0.2, 0) is 11.3 Å². The zero-order chi connectivity index (χ0) is 32.8. The van der Waals surface area contributed by atoms with Gasteiger partial charge in [0, 0.05) is 56.2 Å². The van der Waals surface area contributed by atoms with Crippen LogP contribution < -0.4 is 5.32 Å². The van der Waals surface area contributed by atoms with Gasteiger partial charge in [0.25, 0.3) is 5.91 Å². The lowest BCUT2D eigenvalue weighted by Gasteiger charge is -2.34. The van der Waals surface area contributed by atoms with E-state index in [1.165, 1.54) is 28.8 Å². The number of carboxylic acid groups (broad SMARTS) is 1. The van der Waals surface area contributed by atoms with Gasteiger partial charge in [-0.15, -0.1) is 0 Å². The first-order chi connectivity index (χ1) is 22.7. The van der Waals surface area contributed by atoms with Crippen molar-refractivity contribution < 1.29 is 29.0 Å². The van der Waals surface area contributed by atoms with E-state index in [9.17, 15) is 23.9 Å². The van der Waals surface area contributed by atoms with Crippen molar-refractivity contribution in [1.29, 1.82) is 0 Å². The van der Waals surface area contributed by atoms with Crippen molar-refractivity contribution in [3.8, 4) is 11.4 Å². The normalized spacial score (nSPS) is 20.7. The number of para-hydroxylation sites is 1. The number of hydrogen-bond donors (Lipinski definition) is 3. The average molecular weight is 645 g/mol. The zero-order valence-corrected chi connectivity index (χ0v) is 26.6. The molecule has 47 heavy (non-hydrogen) atoms. The fourth-order valence-corrected chi connectivity index (χ4v) is 7.53. The van der Waals surface area contributed by atoms with Crippen LogP contribution in [0.15, 0.2) is 42.6 Å². The molecule has 248 valence electrons. The Morgan fingerprint density at radius 3 is 2.55 bits per heavy atom. The van der Waals surface area contributed by atoms with Crippen molar-refractivity contribution in [1.82, 2.24) is 29.3 Å². The third kappa shape index (κ3) is 6.18. The minimum Gasteiger partial charge on any atom is -0.465 e. The molecular weight excluding hydrogens is 603 g/mol. The first-order valence-electron chi connectivity index (χ1n) is 16.6. The number of carbonyl (C=O) groups excluding carboxylic acids is 2. The minimum atomic E-state index is -1.31. The lowest BCUT2D eigenvalue weighted by Crippen LogP contribution is -2.53. The van der Waals surface area contributed by atoms with E-state index in [4.69, 9.17) is 10.2 Å². The molecule has 1 aliphatic carbocycles. The van der Waals surface area contributed by atoms with Crippen molar-refractivity contribution in [3.63, 3.8) is 0 Å². The molecule has 1 saturated carbocycles. The van der Waals surface area contributed by atoms with Crippen LogP contribution in [0.5, 0.6) is 0 Å². The number of alkyl halides is 1. The minimum absolute atomic E-state index is 0.0117. The number of nitrogens with zero attached hydrogens (tertiary/aromatic N) is 5. The number of likely N-dealkylation sites (tertiary alicyclic amines) is 2. The molecule has 2 atom stereocenters. The second-order valence-corrected chi connectivity index (χ2v) is 13.4. The van der Waals surface area contributed by atoms with Gasteiger partial charge >= 0.3 is 6.09 Å². The molecule has 11 nitrogen and oxygen atoms in total. The van der Waals surface area contributed by atoms with Gasteiger partial charge in [-0.3, -0.25) is 9.59 Å². The number of pyridine rings is 1. The summed E-state index contributed by atoms with van der Waals surface area (Å²) in [6.45, 7) is 4.20. The van der Waals surface area contributed by atoms with E-state index in [1.807, 2.05) is 17.9 Å². The van der Waals surface area contributed by atoms with E-state index in [1.54, 1.807) is 16.8 Å². The van der Waals surface area contributed by atoms with Crippen LogP contribution in [0.3, 0.4) is 0 Å². The average Bonchev–Trinajstić information content (AvgIpc) is 3.72. The van der Waals surface area contributed by atoms with Crippen molar-refractivity contribution in [2.24, 2.45) is 5.92 Å². The highest BCUT2D eigenvalue weighted by atomic mass is 19.1. The van der Waals surface area contributed by atoms with Gasteiger partial charge in [-0.1, -0.05) is 18.2 Å². The summed E-state index contributed by atoms with van der Waals surface area (Å²) in [4.78, 5) is 40.2. The Morgan fingerprint density at radius 2 is 1.83 bits per heavy atom. The second kappa shape index (κ2) is 12.6. The summed E-state index contributed by atoms with van der Waals surface area (Å²) in [7, 11) is 0. The summed E-state index contributed by atoms with van der Waals surface area (Å²) in [6.07, 6.45) is 3.48. The summed E-state index contributed by atoms with van der Waals surface area (Å²) >= 11 is 0. The Kier molecular flexibility index (Phi) is 8.37. The van der Waals surface area contributed by atoms with Gasteiger partial charge in [0.15, 0.2) is 0 Å². The van der Waals surface area contributed by atoms with Gasteiger partial charge in [-0.05, 0) is 68.2 Å². The van der Waals surface area contributed by atoms with Crippen LogP contribution in [0.1, 0.15) is 65.9 Å². The molecule has 1 aromatic carbocycles. The van der Waals surface area contributed by atoms with E-state index in [0.29, 0.717) is 30.5 Å². The fourth-order valence-electron chi connectivity index (χ4n) is 7.53. The number of halogens is 1. The van der Waals surface area contributed by atoms with Crippen molar-refractivity contribution in [3.05, 3.63) is 59.3 Å². The molecule has 0 radical (unpaired) electrons. The summed E-state index contributed by atoms with van der Waals surface area (Å²) < 4.78 is 18.6. The highest BCUT2D eigenvalue weighted by molar-refractivity contribution is 5.95. The van der Waals surface area contributed by atoms with Crippen LogP contribution in [0, 0.1) is 12.8 Å². The van der Waals surface area contributed by atoms with Gasteiger partial charge < -0.3 is 29.9 Å². The van der Waals surface area contributed by atoms with E-state index < -0.39 is 18.3 Å². The third-order valence-corrected chi connectivity index (χ3v) is 10.1. The van der Waals surface area contributed by atoms with Crippen molar-refractivity contribution >= 4 is 34.3 Å². The molecule has 3 N–H and O–H groups in total. The van der Waals surface area contributed by atoms with E-state index >= 15 is 0 Å². The topological polar surface area (TPSA) is 132 Å². The highest BCUT2D eigenvalue weighted by Crippen LogP contribution is 2.41. The Bertz CT molecular complexity index is 1840. The molecule has 2 saturated heterocycles. The Morgan fingerprint density at radius 1 is 1.04 bits per heavy atom. The maximum absolute atomic E-state index is 14.5. The number of hydrogen-bond acceptors (Lipinski definition) is 5. The van der Waals surface area contributed by atoms with Gasteiger partial charge in [-0.25, -0.2) is 13.7 Å². The summed E-state index contributed by atoms with van der Waals surface area (Å²) in [5.74, 6) is 0.577. The number of aromatic nitrogens is 3. The largest absolute Gasteiger partial charge is 0.465 e. The Hall–Kier alpha value is -4.45. The number of benzene rings is 1. The zero-order valence-electron chi connectivity index (χ0n) is 26.6. The highest BCUT2D eigenvalue weighted by Gasteiger charge is 2.33. The van der Waals surface area contributed by atoms with Crippen LogP contribution >= 0.6 is 0 Å². The van der Waals surface area contributed by atoms with Crippen LogP contribution in [-0.4, -0.2) is 97.1 Å². The SMILES string of the molecule is Cc1c(-c2cc3cccc(C4CCN(C(=O)CCO)CC4)c3n2CC2CC2)nn2cc(C(=O)N3C[C@H](F)C[C@@H](NC(=O)O)C3)ccc12. The molecule has 3 fully saturated rings. The van der Waals surface area contributed by atoms with Gasteiger partial charge in [0.1, 0.15) is 11.9 Å². The lowest BCUT2D eigenvalue weighted by molar-refractivity contribution is -0.132. The Balaban J connectivity index is 1.21. The number of aliphatic hydroxyl groups is 1. The van der Waals surface area contributed by atoms with E-state index in [-0.39, 0.29) is 44.4 Å². The van der Waals surface area contributed by atoms with Crippen LogP contribution in [0.25, 0.3) is 27.8 Å². The first kappa shape index (κ1) is 31.2. The standard InChI is InChI=1S/C35H41FN6O5/c1-21-29-8-7-25(34(45)40-19-26(36)16-27(20-40)37-35(46)47)18-42(29)38-32(21)30-15-24-3-2-4-28(33(24)41(30)17-22-5-6-22)23-9-12-39(13-10-23)31(44)11-14-43/h2-4,7-8,15,18,22-23,26-27,37,43H,5-6,9-14,16-17,19-20H2,1H3,(H,46,47)/t26-,27-/m1/s1. The molecule has 5 heterocycles. The molecule has 3 amide bonds. The molecule has 3 aromatic heterocycles. The molecule has 12 heteroatoms. The number of amides is 3. The van der Waals surface area contributed by atoms with Crippen LogP contribution in [0.2, 0.25) is 0 Å². The van der Waals surface area contributed by atoms with E-state index in [0.717, 1.165) is 47.2 Å². The van der Waals surface area contributed by atoms with Gasteiger partial charge in [-0.2, -0.15) is 5.10 Å². The second-order valence-electron chi connectivity index (χ2n) is 13.4. The quantitative estimate of drug-likeness (QED) is 0.257. The summed E-state index contributed by atoms with van der Waals surface area (Å²) in [5, 5.41) is 26.8. The van der Waals surface area contributed by atoms with Gasteiger partial charge in [0.2, 0.25) is 5.91 Å². The molecule has 3 aliphatic rings. The van der Waals surface area contributed by atoms with Crippen molar-refractivity contribution in [2.75, 3.05) is 32.8 Å². The maximum Gasteiger partial charge on any atom is 0.404 e. The summed E-state index contributed by atoms with van der Waals surface area (Å²) in [5.41, 5.74) is 6.61. The Labute approximate surface area is 271 Å².